The lowest BCUT2D eigenvalue weighted by Crippen LogP contribution is -2.36. The number of rotatable bonds is 3. The third kappa shape index (κ3) is 3.04. The molecule has 0 amide bonds. The quantitative estimate of drug-likeness (QED) is 0.555. The van der Waals surface area contributed by atoms with Gasteiger partial charge in [0, 0.05) is 24.0 Å². The summed E-state index contributed by atoms with van der Waals surface area (Å²) in [5.41, 5.74) is 2.74. The first-order chi connectivity index (χ1) is 13.4. The molecule has 0 aliphatic carbocycles. The van der Waals surface area contributed by atoms with Gasteiger partial charge in [-0.2, -0.15) is 4.98 Å². The van der Waals surface area contributed by atoms with Crippen molar-refractivity contribution in [2.75, 3.05) is 31.2 Å². The molecule has 6 heteroatoms. The Labute approximate surface area is 156 Å². The van der Waals surface area contributed by atoms with Crippen molar-refractivity contribution in [3.63, 3.8) is 0 Å². The van der Waals surface area contributed by atoms with Crippen LogP contribution in [-0.4, -0.2) is 41.4 Å². The van der Waals surface area contributed by atoms with Crippen LogP contribution in [0.1, 0.15) is 0 Å². The Morgan fingerprint density at radius 3 is 2.48 bits per heavy atom. The zero-order chi connectivity index (χ0) is 18.1. The van der Waals surface area contributed by atoms with Gasteiger partial charge >= 0.3 is 0 Å². The highest BCUT2D eigenvalue weighted by atomic mass is 16.5. The van der Waals surface area contributed by atoms with Crippen molar-refractivity contribution in [2.24, 2.45) is 0 Å². The van der Waals surface area contributed by atoms with E-state index in [9.17, 15) is 0 Å². The van der Waals surface area contributed by atoms with Gasteiger partial charge in [0.25, 0.3) is 5.89 Å². The monoisotopic (exact) mass is 358 g/mol. The molecule has 2 aromatic carbocycles. The highest BCUT2D eigenvalue weighted by molar-refractivity contribution is 5.94. The summed E-state index contributed by atoms with van der Waals surface area (Å²) in [6.07, 6.45) is 0. The Morgan fingerprint density at radius 1 is 0.852 bits per heavy atom. The minimum Gasteiger partial charge on any atom is -0.378 e. The van der Waals surface area contributed by atoms with Crippen molar-refractivity contribution in [1.82, 2.24) is 15.1 Å². The smallest absolute Gasteiger partial charge is 0.259 e. The fourth-order valence-electron chi connectivity index (χ4n) is 3.33. The molecule has 0 unspecified atom stereocenters. The molecule has 1 saturated heterocycles. The summed E-state index contributed by atoms with van der Waals surface area (Å²) < 4.78 is 11.1. The number of anilines is 1. The van der Waals surface area contributed by atoms with Crippen LogP contribution in [0, 0.1) is 0 Å². The molecule has 0 spiro atoms. The molecule has 0 bridgehead atoms. The molecular weight excluding hydrogens is 340 g/mol. The number of pyridine rings is 1. The maximum Gasteiger partial charge on any atom is 0.259 e. The standard InChI is InChI=1S/C21H18N4O2/c1-2-6-15(7-3-1)20-23-21(27-24-20)17-14-19(25-10-12-26-13-11-25)22-18-9-5-4-8-16(17)18/h1-9,14H,10-13H2. The minimum absolute atomic E-state index is 0.502. The first kappa shape index (κ1) is 16.0. The average Bonchev–Trinajstić information content (AvgIpc) is 3.24. The lowest BCUT2D eigenvalue weighted by Gasteiger charge is -2.28. The zero-order valence-corrected chi connectivity index (χ0v) is 14.7. The van der Waals surface area contributed by atoms with E-state index >= 15 is 0 Å². The summed E-state index contributed by atoms with van der Waals surface area (Å²) in [7, 11) is 0. The van der Waals surface area contributed by atoms with Crippen molar-refractivity contribution < 1.29 is 9.26 Å². The van der Waals surface area contributed by atoms with Gasteiger partial charge in [-0.1, -0.05) is 53.7 Å². The van der Waals surface area contributed by atoms with Crippen LogP contribution in [0.5, 0.6) is 0 Å². The molecule has 1 aliphatic heterocycles. The van der Waals surface area contributed by atoms with Gasteiger partial charge in [0.05, 0.1) is 24.3 Å². The van der Waals surface area contributed by atoms with Crippen LogP contribution in [-0.2, 0) is 4.74 Å². The molecule has 134 valence electrons. The molecule has 4 aromatic rings. The van der Waals surface area contributed by atoms with E-state index < -0.39 is 0 Å². The second kappa shape index (κ2) is 6.81. The van der Waals surface area contributed by atoms with Crippen LogP contribution in [0.4, 0.5) is 5.82 Å². The van der Waals surface area contributed by atoms with Crippen LogP contribution in [0.15, 0.2) is 65.2 Å². The van der Waals surface area contributed by atoms with E-state index in [0.717, 1.165) is 40.9 Å². The third-order valence-electron chi connectivity index (χ3n) is 4.73. The maximum absolute atomic E-state index is 5.62. The molecular formula is C21H18N4O2. The molecule has 6 nitrogen and oxygen atoms in total. The Bertz CT molecular complexity index is 1070. The van der Waals surface area contributed by atoms with Crippen LogP contribution in [0.3, 0.4) is 0 Å². The first-order valence-corrected chi connectivity index (χ1v) is 9.00. The summed E-state index contributed by atoms with van der Waals surface area (Å²) in [4.78, 5) is 11.7. The predicted octanol–water partition coefficient (Wildman–Crippen LogP) is 3.79. The van der Waals surface area contributed by atoms with Gasteiger partial charge in [-0.3, -0.25) is 0 Å². The topological polar surface area (TPSA) is 64.3 Å². The Balaban J connectivity index is 1.62. The Kier molecular flexibility index (Phi) is 4.03. The number of fused-ring (bicyclic) bond motifs is 1. The lowest BCUT2D eigenvalue weighted by molar-refractivity contribution is 0.122. The predicted molar refractivity (Wildman–Crippen MR) is 104 cm³/mol. The normalized spacial score (nSPS) is 14.6. The zero-order valence-electron chi connectivity index (χ0n) is 14.7. The number of hydrogen-bond donors (Lipinski definition) is 0. The van der Waals surface area contributed by atoms with Crippen molar-refractivity contribution in [3.05, 3.63) is 60.7 Å². The maximum atomic E-state index is 5.62. The van der Waals surface area contributed by atoms with Crippen molar-refractivity contribution in [2.45, 2.75) is 0 Å². The molecule has 0 N–H and O–H groups in total. The fourth-order valence-corrected chi connectivity index (χ4v) is 3.33. The largest absolute Gasteiger partial charge is 0.378 e. The van der Waals surface area contributed by atoms with Gasteiger partial charge in [-0.15, -0.1) is 0 Å². The molecule has 5 rings (SSSR count). The second-order valence-corrected chi connectivity index (χ2v) is 6.43. The molecule has 3 heterocycles. The SMILES string of the molecule is c1ccc(-c2noc(-c3cc(N4CCOCC4)nc4ccccc34)n2)cc1. The van der Waals surface area contributed by atoms with Crippen LogP contribution < -0.4 is 4.90 Å². The minimum atomic E-state index is 0.502. The van der Waals surface area contributed by atoms with Crippen LogP contribution in [0.25, 0.3) is 33.7 Å². The highest BCUT2D eigenvalue weighted by Crippen LogP contribution is 2.31. The number of nitrogens with zero attached hydrogens (tertiary/aromatic N) is 4. The Morgan fingerprint density at radius 2 is 1.63 bits per heavy atom. The van der Waals surface area contributed by atoms with Crippen molar-refractivity contribution >= 4 is 16.7 Å². The third-order valence-corrected chi connectivity index (χ3v) is 4.73. The molecule has 0 atom stereocenters. The summed E-state index contributed by atoms with van der Waals surface area (Å²) >= 11 is 0. The molecule has 1 fully saturated rings. The first-order valence-electron chi connectivity index (χ1n) is 9.00. The van der Waals surface area contributed by atoms with Crippen molar-refractivity contribution in [3.8, 4) is 22.8 Å². The molecule has 2 aromatic heterocycles. The average molecular weight is 358 g/mol. The lowest BCUT2D eigenvalue weighted by atomic mass is 10.1. The summed E-state index contributed by atoms with van der Waals surface area (Å²) in [5, 5.41) is 5.17. The number of benzene rings is 2. The number of morpholine rings is 1. The number of para-hydroxylation sites is 1. The van der Waals surface area contributed by atoms with Gasteiger partial charge in [-0.05, 0) is 12.1 Å². The Hall–Kier alpha value is -3.25. The van der Waals surface area contributed by atoms with E-state index in [1.807, 2.05) is 60.7 Å². The van der Waals surface area contributed by atoms with E-state index in [-0.39, 0.29) is 0 Å². The van der Waals surface area contributed by atoms with Gasteiger partial charge in [-0.25, -0.2) is 4.98 Å². The van der Waals surface area contributed by atoms with Crippen molar-refractivity contribution in [1.29, 1.82) is 0 Å². The molecule has 27 heavy (non-hydrogen) atoms. The molecule has 0 radical (unpaired) electrons. The van der Waals surface area contributed by atoms with Gasteiger partial charge in [0.1, 0.15) is 5.82 Å². The van der Waals surface area contributed by atoms with E-state index in [2.05, 4.69) is 15.0 Å². The van der Waals surface area contributed by atoms with E-state index in [1.165, 1.54) is 0 Å². The van der Waals surface area contributed by atoms with Gasteiger partial charge in [0.2, 0.25) is 5.82 Å². The van der Waals surface area contributed by atoms with Crippen LogP contribution >= 0.6 is 0 Å². The van der Waals surface area contributed by atoms with Gasteiger partial charge < -0.3 is 14.2 Å². The molecule has 0 saturated carbocycles. The summed E-state index contributed by atoms with van der Waals surface area (Å²) in [6.45, 7) is 3.07. The van der Waals surface area contributed by atoms with E-state index in [0.29, 0.717) is 24.9 Å². The number of ether oxygens (including phenoxy) is 1. The van der Waals surface area contributed by atoms with Gasteiger partial charge in [0.15, 0.2) is 0 Å². The molecule has 1 aliphatic rings. The second-order valence-electron chi connectivity index (χ2n) is 6.43. The van der Waals surface area contributed by atoms with E-state index in [1.54, 1.807) is 0 Å². The highest BCUT2D eigenvalue weighted by Gasteiger charge is 2.19. The fraction of sp³-hybridized carbons (Fsp3) is 0.190. The number of hydrogen-bond acceptors (Lipinski definition) is 6. The summed E-state index contributed by atoms with van der Waals surface area (Å²) in [6, 6.07) is 19.9. The van der Waals surface area contributed by atoms with E-state index in [4.69, 9.17) is 14.2 Å². The number of aromatic nitrogens is 3. The summed E-state index contributed by atoms with van der Waals surface area (Å²) in [5.74, 6) is 1.99. The van der Waals surface area contributed by atoms with Crippen LogP contribution in [0.2, 0.25) is 0 Å².